The number of hydrogen-bond donors (Lipinski definition) is 2. The lowest BCUT2D eigenvalue weighted by Crippen LogP contribution is -2.21. The van der Waals surface area contributed by atoms with E-state index in [1.54, 1.807) is 0 Å². The highest BCUT2D eigenvalue weighted by atomic mass is 79.9. The molecule has 0 amide bonds. The van der Waals surface area contributed by atoms with Gasteiger partial charge in [0.25, 0.3) is 0 Å². The molecule has 3 rings (SSSR count). The van der Waals surface area contributed by atoms with Crippen LogP contribution in [0.25, 0.3) is 10.9 Å². The zero-order valence-electron chi connectivity index (χ0n) is 16.3. The maximum atomic E-state index is 13.6. The molecule has 33 heavy (non-hydrogen) atoms. The van der Waals surface area contributed by atoms with E-state index in [0.717, 1.165) is 16.7 Å². The normalized spacial score (nSPS) is 11.9. The molecular formula is C20H12BrF6N5O. The molecule has 0 spiro atoms. The van der Waals surface area contributed by atoms with E-state index in [1.807, 2.05) is 0 Å². The third-order valence-electron chi connectivity index (χ3n) is 4.45. The SMILES string of the molecule is N#Cc1ccc2c(cc(CC(F)(F)F)n2CC(=N)OC(=N)c2cncc(Br)c2)c1C(F)(F)F. The van der Waals surface area contributed by atoms with E-state index >= 15 is 0 Å². The summed E-state index contributed by atoms with van der Waals surface area (Å²) in [6, 6.07) is 5.52. The Kier molecular flexibility index (Phi) is 6.51. The highest BCUT2D eigenvalue weighted by molar-refractivity contribution is 9.10. The second-order valence-corrected chi connectivity index (χ2v) is 7.71. The first kappa shape index (κ1) is 24.2. The average Bonchev–Trinajstić information content (AvgIpc) is 3.01. The Morgan fingerprint density at radius 3 is 2.39 bits per heavy atom. The first-order valence-corrected chi connectivity index (χ1v) is 9.73. The molecule has 2 N–H and O–H groups in total. The van der Waals surface area contributed by atoms with Gasteiger partial charge >= 0.3 is 12.4 Å². The Bertz CT molecular complexity index is 1290. The van der Waals surface area contributed by atoms with Gasteiger partial charge in [0, 0.05) is 33.5 Å². The van der Waals surface area contributed by atoms with Gasteiger partial charge in [0.1, 0.15) is 0 Å². The van der Waals surface area contributed by atoms with Gasteiger partial charge in [0.15, 0.2) is 0 Å². The van der Waals surface area contributed by atoms with Crippen LogP contribution in [0.1, 0.15) is 22.4 Å². The highest BCUT2D eigenvalue weighted by Crippen LogP contribution is 2.39. The fourth-order valence-electron chi connectivity index (χ4n) is 3.22. The van der Waals surface area contributed by atoms with Gasteiger partial charge in [-0.15, -0.1) is 0 Å². The molecule has 172 valence electrons. The molecule has 0 bridgehead atoms. The Balaban J connectivity index is 2.05. The van der Waals surface area contributed by atoms with Crippen LogP contribution in [0.3, 0.4) is 0 Å². The summed E-state index contributed by atoms with van der Waals surface area (Å²) in [4.78, 5) is 3.83. The van der Waals surface area contributed by atoms with Gasteiger partial charge in [-0.25, -0.2) is 0 Å². The molecule has 0 unspecified atom stereocenters. The number of fused-ring (bicyclic) bond motifs is 1. The number of halogens is 7. The third-order valence-corrected chi connectivity index (χ3v) is 4.88. The number of rotatable bonds is 4. The van der Waals surface area contributed by atoms with Gasteiger partial charge in [-0.3, -0.25) is 15.8 Å². The van der Waals surface area contributed by atoms with Crippen molar-refractivity contribution in [2.75, 3.05) is 0 Å². The first-order chi connectivity index (χ1) is 15.3. The number of ether oxygens (including phenoxy) is 1. The highest BCUT2D eigenvalue weighted by Gasteiger charge is 2.38. The summed E-state index contributed by atoms with van der Waals surface area (Å²) >= 11 is 3.15. The molecular weight excluding hydrogens is 520 g/mol. The fraction of sp³-hybridized carbons (Fsp3) is 0.200. The number of nitriles is 1. The number of aromatic nitrogens is 2. The summed E-state index contributed by atoms with van der Waals surface area (Å²) in [5.41, 5.74) is -2.74. The summed E-state index contributed by atoms with van der Waals surface area (Å²) in [5, 5.41) is 24.4. The van der Waals surface area contributed by atoms with E-state index in [0.29, 0.717) is 10.5 Å². The number of nitrogens with one attached hydrogen (secondary N) is 2. The van der Waals surface area contributed by atoms with Crippen LogP contribution in [-0.4, -0.2) is 27.5 Å². The summed E-state index contributed by atoms with van der Waals surface area (Å²) < 4.78 is 86.6. The van der Waals surface area contributed by atoms with Crippen LogP contribution in [0.4, 0.5) is 26.3 Å². The average molecular weight is 532 g/mol. The Morgan fingerprint density at radius 1 is 1.12 bits per heavy atom. The van der Waals surface area contributed by atoms with Crippen molar-refractivity contribution in [2.24, 2.45) is 0 Å². The van der Waals surface area contributed by atoms with E-state index in [4.69, 9.17) is 20.8 Å². The molecule has 1 aromatic carbocycles. The number of pyridine rings is 1. The maximum Gasteiger partial charge on any atom is 0.418 e. The van der Waals surface area contributed by atoms with E-state index in [2.05, 4.69) is 20.9 Å². The predicted octanol–water partition coefficient (Wildman–Crippen LogP) is 5.81. The molecule has 6 nitrogen and oxygen atoms in total. The molecule has 13 heteroatoms. The summed E-state index contributed by atoms with van der Waals surface area (Å²) in [6.45, 7) is -0.679. The van der Waals surface area contributed by atoms with Crippen molar-refractivity contribution in [3.63, 3.8) is 0 Å². The largest absolute Gasteiger partial charge is 0.423 e. The first-order valence-electron chi connectivity index (χ1n) is 8.94. The van der Waals surface area contributed by atoms with Gasteiger partial charge in [-0.1, -0.05) is 0 Å². The molecule has 0 atom stereocenters. The summed E-state index contributed by atoms with van der Waals surface area (Å²) in [5.74, 6) is -1.20. The minimum atomic E-state index is -4.99. The van der Waals surface area contributed by atoms with Crippen molar-refractivity contribution in [3.8, 4) is 6.07 Å². The number of benzene rings is 1. The summed E-state index contributed by atoms with van der Waals surface area (Å²) in [6.07, 6.45) is -8.61. The summed E-state index contributed by atoms with van der Waals surface area (Å²) in [7, 11) is 0. The number of nitrogens with zero attached hydrogens (tertiary/aromatic N) is 3. The molecule has 2 aromatic heterocycles. The Morgan fingerprint density at radius 2 is 1.82 bits per heavy atom. The third kappa shape index (κ3) is 5.51. The molecule has 0 saturated heterocycles. The molecule has 0 aliphatic carbocycles. The van der Waals surface area contributed by atoms with Crippen LogP contribution in [0.5, 0.6) is 0 Å². The van der Waals surface area contributed by atoms with Crippen LogP contribution in [0.15, 0.2) is 41.1 Å². The Labute approximate surface area is 190 Å². The van der Waals surface area contributed by atoms with Crippen LogP contribution in [0.2, 0.25) is 0 Å². The number of alkyl halides is 6. The maximum absolute atomic E-state index is 13.6. The predicted molar refractivity (Wildman–Crippen MR) is 109 cm³/mol. The van der Waals surface area contributed by atoms with Crippen LogP contribution >= 0.6 is 15.9 Å². The molecule has 0 aliphatic heterocycles. The monoisotopic (exact) mass is 531 g/mol. The molecule has 0 aliphatic rings. The van der Waals surface area contributed by atoms with Crippen LogP contribution < -0.4 is 0 Å². The van der Waals surface area contributed by atoms with Crippen molar-refractivity contribution in [2.45, 2.75) is 25.3 Å². The minimum Gasteiger partial charge on any atom is -0.423 e. The van der Waals surface area contributed by atoms with Crippen molar-refractivity contribution >= 4 is 38.6 Å². The topological polar surface area (TPSA) is 98.5 Å². The van der Waals surface area contributed by atoms with Gasteiger partial charge in [0.2, 0.25) is 11.8 Å². The van der Waals surface area contributed by atoms with Gasteiger partial charge < -0.3 is 9.30 Å². The van der Waals surface area contributed by atoms with Gasteiger partial charge in [-0.05, 0) is 40.2 Å². The lowest BCUT2D eigenvalue weighted by atomic mass is 10.0. The lowest BCUT2D eigenvalue weighted by Gasteiger charge is -2.15. The number of hydrogen-bond acceptors (Lipinski definition) is 5. The van der Waals surface area contributed by atoms with Gasteiger partial charge in [0.05, 0.1) is 35.7 Å². The van der Waals surface area contributed by atoms with Gasteiger partial charge in [-0.2, -0.15) is 31.6 Å². The standard InChI is InChI=1S/C20H12BrF6N5O/c21-12-3-11(7-31-8-12)18(30)33-16(29)9-32-13(5-19(22,23)24)4-14-15(32)2-1-10(6-28)17(14)20(25,26)27/h1-4,7-8,29-30H,5,9H2. The van der Waals surface area contributed by atoms with Crippen molar-refractivity contribution in [1.82, 2.24) is 9.55 Å². The van der Waals surface area contributed by atoms with E-state index in [-0.39, 0.29) is 11.1 Å². The van der Waals surface area contributed by atoms with Crippen LogP contribution in [-0.2, 0) is 23.9 Å². The lowest BCUT2D eigenvalue weighted by molar-refractivity contribution is -0.136. The minimum absolute atomic E-state index is 0.167. The molecule has 0 saturated carbocycles. The Hall–Kier alpha value is -3.40. The second kappa shape index (κ2) is 8.86. The van der Waals surface area contributed by atoms with E-state index in [9.17, 15) is 26.3 Å². The molecule has 0 radical (unpaired) electrons. The smallest absolute Gasteiger partial charge is 0.418 e. The van der Waals surface area contributed by atoms with Crippen molar-refractivity contribution in [3.05, 3.63) is 63.5 Å². The zero-order valence-corrected chi connectivity index (χ0v) is 17.9. The van der Waals surface area contributed by atoms with Crippen LogP contribution in [0, 0.1) is 22.1 Å². The molecule has 0 fully saturated rings. The molecule has 3 aromatic rings. The molecule has 2 heterocycles. The second-order valence-electron chi connectivity index (χ2n) is 6.79. The van der Waals surface area contributed by atoms with E-state index in [1.165, 1.54) is 24.5 Å². The van der Waals surface area contributed by atoms with Crippen molar-refractivity contribution < 1.29 is 31.1 Å². The fourth-order valence-corrected chi connectivity index (χ4v) is 3.59. The zero-order chi connectivity index (χ0) is 24.6. The quantitative estimate of drug-likeness (QED) is 0.252. The van der Waals surface area contributed by atoms with Crippen molar-refractivity contribution in [1.29, 1.82) is 16.1 Å². The van der Waals surface area contributed by atoms with E-state index < -0.39 is 59.3 Å².